The van der Waals surface area contributed by atoms with Crippen LogP contribution in [0, 0.1) is 17.8 Å². The minimum Gasteiger partial charge on any atom is -0.429 e. The Balaban J connectivity index is 0.00000240. The van der Waals surface area contributed by atoms with Gasteiger partial charge in [0.1, 0.15) is 0 Å². The second kappa shape index (κ2) is 9.42. The van der Waals surface area contributed by atoms with Crippen molar-refractivity contribution in [2.75, 3.05) is 0 Å². The molecule has 4 aromatic rings. The molecule has 1 heterocycles. The Morgan fingerprint density at radius 2 is 1.62 bits per heavy atom. The second-order valence-corrected chi connectivity index (χ2v) is 6.51. The van der Waals surface area contributed by atoms with Crippen molar-refractivity contribution >= 4 is 16.8 Å². The molecule has 0 saturated carbocycles. The Hall–Kier alpha value is -2.37. The first kappa shape index (κ1) is 21.3. The second-order valence-electron chi connectivity index (χ2n) is 6.51. The number of benzene rings is 3. The van der Waals surface area contributed by atoms with Gasteiger partial charge in [0.25, 0.3) is 0 Å². The van der Waals surface area contributed by atoms with Gasteiger partial charge < -0.3 is 14.7 Å². The van der Waals surface area contributed by atoms with Crippen molar-refractivity contribution < 1.29 is 46.3 Å². The summed E-state index contributed by atoms with van der Waals surface area (Å²) in [5.41, 5.74) is 2.92. The van der Waals surface area contributed by atoms with Crippen molar-refractivity contribution in [3.63, 3.8) is 0 Å². The molecule has 3 nitrogen and oxygen atoms in total. The monoisotopic (exact) mass is 464 g/mol. The molecule has 0 bridgehead atoms. The van der Waals surface area contributed by atoms with E-state index in [4.69, 9.17) is 0 Å². The Bertz CT molecular complexity index is 1140. The minimum atomic E-state index is -0.933. The van der Waals surface area contributed by atoms with Gasteiger partial charge in [0.15, 0.2) is 17.5 Å². The fourth-order valence-electron chi connectivity index (χ4n) is 3.16. The number of rotatable bonds is 5. The average molecular weight is 464 g/mol. The molecule has 1 aromatic heterocycles. The summed E-state index contributed by atoms with van der Waals surface area (Å²) in [5, 5.41) is 3.55. The maximum atomic E-state index is 13.3. The third kappa shape index (κ3) is 4.80. The number of hydrogen-bond donors (Lipinski definition) is 1. The van der Waals surface area contributed by atoms with Gasteiger partial charge in [-0.1, -0.05) is 71.9 Å². The maximum absolute atomic E-state index is 13.3. The molecule has 0 unspecified atom stereocenters. The van der Waals surface area contributed by atoms with Crippen LogP contribution in [-0.4, -0.2) is 10.5 Å². The van der Waals surface area contributed by atoms with E-state index < -0.39 is 11.6 Å². The first-order valence-corrected chi connectivity index (χ1v) is 8.88. The van der Waals surface area contributed by atoms with Crippen molar-refractivity contribution in [2.24, 2.45) is 0 Å². The maximum Gasteiger partial charge on any atom is 0.166 e. The molecular formula is C23H17F2N2OY-. The van der Waals surface area contributed by atoms with Crippen LogP contribution in [0.25, 0.3) is 10.9 Å². The van der Waals surface area contributed by atoms with Gasteiger partial charge in [0.05, 0.1) is 0 Å². The number of nitrogens with zero attached hydrogens (tertiary/aromatic N) is 1. The van der Waals surface area contributed by atoms with E-state index >= 15 is 0 Å². The van der Waals surface area contributed by atoms with Crippen LogP contribution in [0.4, 0.5) is 8.78 Å². The summed E-state index contributed by atoms with van der Waals surface area (Å²) in [5.74, 6) is -2.15. The fraction of sp³-hybridized carbons (Fsp3) is 0.0870. The van der Waals surface area contributed by atoms with Gasteiger partial charge in [-0.15, -0.1) is 11.5 Å². The van der Waals surface area contributed by atoms with Gasteiger partial charge in [-0.2, -0.15) is 0 Å². The molecule has 0 aliphatic heterocycles. The molecule has 1 radical (unpaired) electrons. The van der Waals surface area contributed by atoms with Crippen molar-refractivity contribution in [3.8, 4) is 0 Å². The van der Waals surface area contributed by atoms with Crippen molar-refractivity contribution in [1.82, 2.24) is 9.88 Å². The Morgan fingerprint density at radius 1 is 0.897 bits per heavy atom. The number of halogens is 2. The van der Waals surface area contributed by atoms with E-state index in [0.717, 1.165) is 28.6 Å². The van der Waals surface area contributed by atoms with Crippen molar-refractivity contribution in [2.45, 2.75) is 13.1 Å². The van der Waals surface area contributed by atoms with Crippen LogP contribution in [0.5, 0.6) is 0 Å². The molecule has 1 N–H and O–H groups in total. The SMILES string of the molecule is O=C(NCc1ccc(F)c(F)c1)c1[c-]n(Cc2ccccc2)c2ccccc12.[Y]. The molecule has 29 heavy (non-hydrogen) atoms. The summed E-state index contributed by atoms with van der Waals surface area (Å²) in [6, 6.07) is 21.1. The summed E-state index contributed by atoms with van der Waals surface area (Å²) < 4.78 is 28.3. The van der Waals surface area contributed by atoms with Crippen LogP contribution in [0.3, 0.4) is 0 Å². The molecule has 3 aromatic carbocycles. The smallest absolute Gasteiger partial charge is 0.166 e. The third-order valence-electron chi connectivity index (χ3n) is 4.56. The van der Waals surface area contributed by atoms with E-state index in [1.54, 1.807) is 0 Å². The molecule has 0 spiro atoms. The molecule has 143 valence electrons. The predicted molar refractivity (Wildman–Crippen MR) is 104 cm³/mol. The van der Waals surface area contributed by atoms with Gasteiger partial charge >= 0.3 is 0 Å². The largest absolute Gasteiger partial charge is 0.429 e. The Labute approximate surface area is 192 Å². The molecule has 1 amide bonds. The quantitative estimate of drug-likeness (QED) is 0.427. The molecule has 0 aliphatic carbocycles. The Kier molecular flexibility index (Phi) is 6.93. The van der Waals surface area contributed by atoms with Crippen LogP contribution in [-0.2, 0) is 45.8 Å². The number of carbonyl (C=O) groups is 1. The first-order valence-electron chi connectivity index (χ1n) is 8.88. The van der Waals surface area contributed by atoms with Crippen LogP contribution in [0.15, 0.2) is 72.8 Å². The van der Waals surface area contributed by atoms with E-state index in [9.17, 15) is 13.6 Å². The van der Waals surface area contributed by atoms with Gasteiger partial charge in [0.2, 0.25) is 0 Å². The summed E-state index contributed by atoms with van der Waals surface area (Å²) in [6.07, 6.45) is 3.17. The minimum absolute atomic E-state index is 0. The average Bonchev–Trinajstić information content (AvgIpc) is 3.08. The van der Waals surface area contributed by atoms with Crippen LogP contribution >= 0.6 is 0 Å². The fourth-order valence-corrected chi connectivity index (χ4v) is 3.16. The number of amides is 1. The van der Waals surface area contributed by atoms with Crippen molar-refractivity contribution in [1.29, 1.82) is 0 Å². The third-order valence-corrected chi connectivity index (χ3v) is 4.56. The molecule has 0 fully saturated rings. The number of para-hydroxylation sites is 1. The van der Waals surface area contributed by atoms with Gasteiger partial charge in [-0.3, -0.25) is 0 Å². The van der Waals surface area contributed by atoms with Gasteiger partial charge in [-0.05, 0) is 23.3 Å². The van der Waals surface area contributed by atoms with Gasteiger partial charge in [0, 0.05) is 45.8 Å². The summed E-state index contributed by atoms with van der Waals surface area (Å²) >= 11 is 0. The molecule has 0 aliphatic rings. The summed E-state index contributed by atoms with van der Waals surface area (Å²) in [7, 11) is 0. The van der Waals surface area contributed by atoms with Crippen LogP contribution < -0.4 is 5.32 Å². The molecule has 0 saturated heterocycles. The summed E-state index contributed by atoms with van der Waals surface area (Å²) in [4.78, 5) is 12.7. The molecule has 6 heteroatoms. The number of nitrogens with one attached hydrogen (secondary N) is 1. The van der Waals surface area contributed by atoms with E-state index in [-0.39, 0.29) is 45.2 Å². The van der Waals surface area contributed by atoms with E-state index in [1.165, 1.54) is 6.07 Å². The topological polar surface area (TPSA) is 34.0 Å². The standard InChI is InChI=1S/C23H17F2N2O.Y/c24-20-11-10-17(12-21(20)25)13-26-23(28)19-15-27(14-16-6-2-1-3-7-16)22-9-5-4-8-18(19)22;/h1-12H,13-14H2,(H,26,28);/q-1;. The Morgan fingerprint density at radius 3 is 2.38 bits per heavy atom. The zero-order valence-electron chi connectivity index (χ0n) is 15.5. The molecular weight excluding hydrogens is 447 g/mol. The number of aromatic nitrogens is 1. The number of hydrogen-bond acceptors (Lipinski definition) is 1. The number of fused-ring (bicyclic) bond motifs is 1. The summed E-state index contributed by atoms with van der Waals surface area (Å²) in [6.45, 7) is 0.694. The van der Waals surface area contributed by atoms with Crippen molar-refractivity contribution in [3.05, 3.63) is 107 Å². The van der Waals surface area contributed by atoms with E-state index in [2.05, 4.69) is 11.5 Å². The zero-order valence-corrected chi connectivity index (χ0v) is 18.4. The molecule has 4 rings (SSSR count). The predicted octanol–water partition coefficient (Wildman–Crippen LogP) is 4.70. The van der Waals surface area contributed by atoms with Gasteiger partial charge in [-0.25, -0.2) is 8.78 Å². The molecule has 0 atom stereocenters. The normalized spacial score (nSPS) is 10.6. The van der Waals surface area contributed by atoms with Crippen LogP contribution in [0.1, 0.15) is 21.5 Å². The zero-order chi connectivity index (χ0) is 19.5. The van der Waals surface area contributed by atoms with Crippen LogP contribution in [0.2, 0.25) is 0 Å². The first-order chi connectivity index (χ1) is 13.6. The van der Waals surface area contributed by atoms with E-state index in [0.29, 0.717) is 17.7 Å². The van der Waals surface area contributed by atoms with E-state index in [1.807, 2.05) is 59.2 Å². The number of carbonyl (C=O) groups excluding carboxylic acids is 1.